The Morgan fingerprint density at radius 2 is 2.00 bits per heavy atom. The highest BCUT2D eigenvalue weighted by Gasteiger charge is 2.21. The minimum Gasteiger partial charge on any atom is -0.493 e. The molecule has 94 valence electrons. The number of nitrogens with zero attached hydrogens (tertiary/aromatic N) is 2. The number of ether oxygens (including phenoxy) is 2. The molecule has 18 heavy (non-hydrogen) atoms. The van der Waals surface area contributed by atoms with Crippen LogP contribution in [0.4, 0.5) is 0 Å². The number of hydrogen-bond acceptors (Lipinski definition) is 4. The third-order valence-corrected chi connectivity index (χ3v) is 3.06. The van der Waals surface area contributed by atoms with Crippen LogP contribution in [0.25, 0.3) is 0 Å². The number of aliphatic imine (C=N–C) groups is 1. The standard InChI is InChI=1S/C14H16N2O2/c1-9-6-10-7-13(17-2)14(18-3)8-11(10)12(16-9)4-5-15/h7-9H,4,6H2,1-3H3. The number of benzene rings is 1. The van der Waals surface area contributed by atoms with Crippen LogP contribution in [0.5, 0.6) is 11.5 Å². The monoisotopic (exact) mass is 244 g/mol. The molecule has 1 unspecified atom stereocenters. The number of fused-ring (bicyclic) bond motifs is 1. The van der Waals surface area contributed by atoms with Crippen LogP contribution in [0.3, 0.4) is 0 Å². The van der Waals surface area contributed by atoms with E-state index in [2.05, 4.69) is 18.0 Å². The first-order valence-corrected chi connectivity index (χ1v) is 5.88. The van der Waals surface area contributed by atoms with Crippen molar-refractivity contribution >= 4 is 5.71 Å². The van der Waals surface area contributed by atoms with Crippen LogP contribution in [0.1, 0.15) is 24.5 Å². The van der Waals surface area contributed by atoms with Crippen LogP contribution in [0.2, 0.25) is 0 Å². The molecular weight excluding hydrogens is 228 g/mol. The summed E-state index contributed by atoms with van der Waals surface area (Å²) in [6.45, 7) is 2.05. The molecule has 1 aliphatic rings. The van der Waals surface area contributed by atoms with Gasteiger partial charge in [0.15, 0.2) is 11.5 Å². The van der Waals surface area contributed by atoms with E-state index < -0.39 is 0 Å². The Balaban J connectivity index is 2.53. The van der Waals surface area contributed by atoms with E-state index in [0.717, 1.165) is 23.4 Å². The number of rotatable bonds is 3. The smallest absolute Gasteiger partial charge is 0.161 e. The van der Waals surface area contributed by atoms with Gasteiger partial charge in [-0.25, -0.2) is 0 Å². The molecule has 0 aliphatic carbocycles. The summed E-state index contributed by atoms with van der Waals surface area (Å²) in [6, 6.07) is 6.27. The lowest BCUT2D eigenvalue weighted by Crippen LogP contribution is -2.18. The van der Waals surface area contributed by atoms with Crippen molar-refractivity contribution in [1.82, 2.24) is 0 Å². The van der Waals surface area contributed by atoms with Crippen molar-refractivity contribution in [1.29, 1.82) is 5.26 Å². The summed E-state index contributed by atoms with van der Waals surface area (Å²) in [6.07, 6.45) is 1.19. The van der Waals surface area contributed by atoms with E-state index in [-0.39, 0.29) is 6.04 Å². The van der Waals surface area contributed by atoms with Gasteiger partial charge in [-0.05, 0) is 31.0 Å². The molecule has 0 bridgehead atoms. The summed E-state index contributed by atoms with van der Waals surface area (Å²) in [5.41, 5.74) is 3.01. The van der Waals surface area contributed by atoms with Crippen molar-refractivity contribution in [2.24, 2.45) is 4.99 Å². The molecule has 2 rings (SSSR count). The summed E-state index contributed by atoms with van der Waals surface area (Å²) < 4.78 is 10.6. The highest BCUT2D eigenvalue weighted by molar-refractivity contribution is 6.04. The van der Waals surface area contributed by atoms with Gasteiger partial charge >= 0.3 is 0 Å². The van der Waals surface area contributed by atoms with E-state index in [9.17, 15) is 0 Å². The van der Waals surface area contributed by atoms with Crippen molar-refractivity contribution < 1.29 is 9.47 Å². The third-order valence-electron chi connectivity index (χ3n) is 3.06. The molecule has 0 radical (unpaired) electrons. The maximum atomic E-state index is 8.87. The molecule has 4 nitrogen and oxygen atoms in total. The third kappa shape index (κ3) is 2.17. The minimum absolute atomic E-state index is 0.207. The molecule has 1 aromatic rings. The van der Waals surface area contributed by atoms with E-state index in [1.54, 1.807) is 14.2 Å². The highest BCUT2D eigenvalue weighted by Crippen LogP contribution is 2.33. The highest BCUT2D eigenvalue weighted by atomic mass is 16.5. The molecule has 1 heterocycles. The van der Waals surface area contributed by atoms with E-state index in [1.165, 1.54) is 5.56 Å². The van der Waals surface area contributed by atoms with Gasteiger partial charge in [0, 0.05) is 5.56 Å². The molecule has 0 spiro atoms. The predicted molar refractivity (Wildman–Crippen MR) is 69.5 cm³/mol. The summed E-state index contributed by atoms with van der Waals surface area (Å²) in [5.74, 6) is 1.40. The van der Waals surface area contributed by atoms with Crippen LogP contribution in [0, 0.1) is 11.3 Å². The summed E-state index contributed by atoms with van der Waals surface area (Å²) >= 11 is 0. The van der Waals surface area contributed by atoms with Gasteiger partial charge in [0.1, 0.15) is 0 Å². The van der Waals surface area contributed by atoms with Gasteiger partial charge in [0.05, 0.1) is 38.5 Å². The molecule has 0 aromatic heterocycles. The molecule has 0 amide bonds. The van der Waals surface area contributed by atoms with Gasteiger partial charge in [0.2, 0.25) is 0 Å². The molecular formula is C14H16N2O2. The normalized spacial score (nSPS) is 17.4. The fourth-order valence-electron chi connectivity index (χ4n) is 2.27. The maximum Gasteiger partial charge on any atom is 0.161 e. The number of nitriles is 1. The number of methoxy groups -OCH3 is 2. The quantitative estimate of drug-likeness (QED) is 0.820. The van der Waals surface area contributed by atoms with E-state index in [1.807, 2.05) is 12.1 Å². The molecule has 1 atom stereocenters. The zero-order valence-corrected chi connectivity index (χ0v) is 10.9. The topological polar surface area (TPSA) is 54.6 Å². The second-order valence-electron chi connectivity index (χ2n) is 4.33. The Morgan fingerprint density at radius 3 is 2.61 bits per heavy atom. The Bertz CT molecular complexity index is 529. The fourth-order valence-corrected chi connectivity index (χ4v) is 2.27. The van der Waals surface area contributed by atoms with Crippen molar-refractivity contribution in [2.45, 2.75) is 25.8 Å². The van der Waals surface area contributed by atoms with Crippen LogP contribution in [-0.2, 0) is 6.42 Å². The molecule has 1 aromatic carbocycles. The lowest BCUT2D eigenvalue weighted by molar-refractivity contribution is 0.354. The van der Waals surface area contributed by atoms with E-state index in [4.69, 9.17) is 14.7 Å². The first kappa shape index (κ1) is 12.4. The number of hydrogen-bond donors (Lipinski definition) is 0. The lowest BCUT2D eigenvalue weighted by Gasteiger charge is -2.22. The van der Waals surface area contributed by atoms with Gasteiger partial charge in [-0.15, -0.1) is 0 Å². The average molecular weight is 244 g/mol. The van der Waals surface area contributed by atoms with E-state index in [0.29, 0.717) is 12.2 Å². The molecule has 4 heteroatoms. The predicted octanol–water partition coefficient (Wildman–Crippen LogP) is 2.35. The average Bonchev–Trinajstić information content (AvgIpc) is 2.37. The zero-order chi connectivity index (χ0) is 13.1. The van der Waals surface area contributed by atoms with Gasteiger partial charge in [-0.2, -0.15) is 5.26 Å². The van der Waals surface area contributed by atoms with Crippen LogP contribution in [0.15, 0.2) is 17.1 Å². The largest absolute Gasteiger partial charge is 0.493 e. The second kappa shape index (κ2) is 5.09. The first-order chi connectivity index (χ1) is 8.69. The van der Waals surface area contributed by atoms with Crippen LogP contribution >= 0.6 is 0 Å². The SMILES string of the molecule is COc1cc2c(cc1OC)C(CC#N)=NC(C)C2. The Kier molecular flexibility index (Phi) is 3.52. The van der Waals surface area contributed by atoms with Crippen molar-refractivity contribution in [3.05, 3.63) is 23.3 Å². The van der Waals surface area contributed by atoms with Gasteiger partial charge in [0.25, 0.3) is 0 Å². The Labute approximate surface area is 107 Å². The van der Waals surface area contributed by atoms with Crippen LogP contribution in [-0.4, -0.2) is 26.0 Å². The second-order valence-corrected chi connectivity index (χ2v) is 4.33. The summed E-state index contributed by atoms with van der Waals surface area (Å²) in [5, 5.41) is 8.87. The lowest BCUT2D eigenvalue weighted by atomic mass is 9.92. The molecule has 0 N–H and O–H groups in total. The van der Waals surface area contributed by atoms with Crippen molar-refractivity contribution in [3.8, 4) is 17.6 Å². The Hall–Kier alpha value is -2.02. The molecule has 1 aliphatic heterocycles. The van der Waals surface area contributed by atoms with Crippen molar-refractivity contribution in [2.75, 3.05) is 14.2 Å². The maximum absolute atomic E-state index is 8.87. The first-order valence-electron chi connectivity index (χ1n) is 5.88. The summed E-state index contributed by atoms with van der Waals surface area (Å²) in [4.78, 5) is 4.54. The zero-order valence-electron chi connectivity index (χ0n) is 10.9. The Morgan fingerprint density at radius 1 is 1.33 bits per heavy atom. The molecule has 0 saturated carbocycles. The van der Waals surface area contributed by atoms with Crippen LogP contribution < -0.4 is 9.47 Å². The van der Waals surface area contributed by atoms with Gasteiger partial charge in [-0.1, -0.05) is 0 Å². The van der Waals surface area contributed by atoms with E-state index >= 15 is 0 Å². The fraction of sp³-hybridized carbons (Fsp3) is 0.429. The molecule has 0 saturated heterocycles. The van der Waals surface area contributed by atoms with Crippen molar-refractivity contribution in [3.63, 3.8) is 0 Å². The van der Waals surface area contributed by atoms with Gasteiger partial charge in [-0.3, -0.25) is 4.99 Å². The molecule has 0 fully saturated rings. The minimum atomic E-state index is 0.207. The van der Waals surface area contributed by atoms with Gasteiger partial charge < -0.3 is 9.47 Å². The summed E-state index contributed by atoms with van der Waals surface area (Å²) in [7, 11) is 3.23.